The van der Waals surface area contributed by atoms with E-state index in [1.54, 1.807) is 0 Å². The number of pyridine rings is 2. The molecule has 0 amide bonds. The van der Waals surface area contributed by atoms with Gasteiger partial charge in [0.2, 0.25) is 0 Å². The van der Waals surface area contributed by atoms with Crippen LogP contribution in [0.4, 0.5) is 0 Å². The lowest BCUT2D eigenvalue weighted by atomic mass is 10.1. The van der Waals surface area contributed by atoms with Gasteiger partial charge in [0.1, 0.15) is 11.3 Å². The first kappa shape index (κ1) is 82.2. The van der Waals surface area contributed by atoms with E-state index in [2.05, 4.69) is 322 Å². The zero-order valence-electron chi connectivity index (χ0n) is 70.6. The molecule has 26 aromatic rings. The molecular formula is C118H78BrClN4O3P4+2. The fraction of sp³-hybridized carbons (Fsp3) is 0. The van der Waals surface area contributed by atoms with Crippen LogP contribution in [0.1, 0.15) is 0 Å². The Balaban J connectivity index is 0.0000000995. The summed E-state index contributed by atoms with van der Waals surface area (Å²) >= 11 is 10.4. The van der Waals surface area contributed by atoms with Crippen LogP contribution in [-0.4, -0.2) is 18.8 Å². The fourth-order valence-electron chi connectivity index (χ4n) is 18.2. The first-order valence-corrected chi connectivity index (χ1v) is 50.7. The maximum absolute atomic E-state index is 15.9. The van der Waals surface area contributed by atoms with Crippen molar-refractivity contribution in [1.82, 2.24) is 18.8 Å². The normalized spacial score (nSPS) is 11.6. The van der Waals surface area contributed by atoms with Gasteiger partial charge in [0.15, 0.2) is 28.4 Å². The van der Waals surface area contributed by atoms with Crippen molar-refractivity contribution < 1.29 is 13.7 Å². The average molecular weight is 1840 g/mol. The molecule has 0 aliphatic carbocycles. The second-order valence-corrected chi connectivity index (χ2v) is 42.2. The van der Waals surface area contributed by atoms with Gasteiger partial charge < -0.3 is 4.57 Å². The summed E-state index contributed by atoms with van der Waals surface area (Å²) < 4.78 is 47.2. The second kappa shape index (κ2) is 35.5. The number of imidazole rings is 2. The predicted octanol–water partition coefficient (Wildman–Crippen LogP) is 29.4. The van der Waals surface area contributed by atoms with Crippen LogP contribution in [0, 0.1) is 0 Å². The number of aromatic nitrogens is 4. The Hall–Kier alpha value is -14.5. The molecule has 0 saturated heterocycles. The molecule has 0 spiro atoms. The third-order valence-corrected chi connectivity index (χ3v) is 33.9. The lowest BCUT2D eigenvalue weighted by molar-refractivity contribution is 0.592. The Morgan fingerprint density at radius 2 is 0.489 bits per heavy atom. The number of halogens is 2. The van der Waals surface area contributed by atoms with Gasteiger partial charge in [-0.25, -0.2) is 9.97 Å². The lowest BCUT2D eigenvalue weighted by Gasteiger charge is -2.21. The van der Waals surface area contributed by atoms with E-state index in [-0.39, 0.29) is 0 Å². The highest BCUT2D eigenvalue weighted by atomic mass is 79.9. The minimum absolute atomic E-state index is 0.796. The molecule has 4 aromatic heterocycles. The summed E-state index contributed by atoms with van der Waals surface area (Å²) in [5.74, 6) is 0. The van der Waals surface area contributed by atoms with Crippen molar-refractivity contribution in [2.75, 3.05) is 0 Å². The molecule has 7 nitrogen and oxygen atoms in total. The van der Waals surface area contributed by atoms with Crippen LogP contribution in [0.25, 0.3) is 163 Å². The van der Waals surface area contributed by atoms with E-state index >= 15 is 4.57 Å². The molecule has 13 heteroatoms. The SMILES string of the molecule is Brc1ccc2nc3c4ccccc4c4ccccc4n3c2c1.ClP(c1ccc2ccccc2c1)c1ccc2ccccc2c1.O=P(c1ccc2ccccc2c1)(c1ccc2ccccc2c1)c1ccc2nc3c4ccccc4c4ccccc4n3c2c1.O=[P+](c1ccc2ccccc2c1)c1ccc2ccccc2c1.O=[P+](c1ccc2ccccc2c1)c1ccc2ccccc2c1. The quantitative estimate of drug-likeness (QED) is 0.106. The summed E-state index contributed by atoms with van der Waals surface area (Å²) in [6.07, 6.45) is 0. The Bertz CT molecular complexity index is 8640. The molecule has 0 bridgehead atoms. The molecule has 0 radical (unpaired) electrons. The molecule has 26 rings (SSSR count). The molecule has 0 atom stereocenters. The van der Waals surface area contributed by atoms with Crippen molar-refractivity contribution in [2.45, 2.75) is 0 Å². The van der Waals surface area contributed by atoms with Gasteiger partial charge >= 0.3 is 15.6 Å². The Morgan fingerprint density at radius 1 is 0.237 bits per heavy atom. The highest BCUT2D eigenvalue weighted by Gasteiger charge is 2.33. The summed E-state index contributed by atoms with van der Waals surface area (Å²) in [5.41, 5.74) is 8.19. The highest BCUT2D eigenvalue weighted by Crippen LogP contribution is 2.46. The first-order valence-electron chi connectivity index (χ1n) is 43.5. The summed E-state index contributed by atoms with van der Waals surface area (Å²) in [4.78, 5) is 9.99. The largest absolute Gasteiger partial charge is 0.415 e. The minimum Gasteiger partial charge on any atom is -0.309 e. The summed E-state index contributed by atoms with van der Waals surface area (Å²) in [7, 11) is -7.27. The van der Waals surface area contributed by atoms with Gasteiger partial charge in [0, 0.05) is 41.9 Å². The number of fused-ring (bicyclic) bond motifs is 24. The van der Waals surface area contributed by atoms with E-state index in [1.165, 1.54) is 86.1 Å². The van der Waals surface area contributed by atoms with Crippen LogP contribution in [0.2, 0.25) is 0 Å². The molecule has 22 aromatic carbocycles. The van der Waals surface area contributed by atoms with Gasteiger partial charge in [-0.2, -0.15) is 0 Å². The molecule has 0 saturated carbocycles. The maximum Gasteiger partial charge on any atom is 0.415 e. The van der Waals surface area contributed by atoms with Gasteiger partial charge in [-0.15, -0.1) is 0 Å². The molecule has 131 heavy (non-hydrogen) atoms. The van der Waals surface area contributed by atoms with E-state index in [9.17, 15) is 9.13 Å². The van der Waals surface area contributed by atoms with Crippen molar-refractivity contribution >= 4 is 268 Å². The molecule has 620 valence electrons. The van der Waals surface area contributed by atoms with E-state index < -0.39 is 30.0 Å². The Labute approximate surface area is 771 Å². The topological polar surface area (TPSA) is 85.8 Å². The third kappa shape index (κ3) is 15.9. The number of nitrogens with zero attached hydrogens (tertiary/aromatic N) is 4. The van der Waals surface area contributed by atoms with Crippen LogP contribution in [0.5, 0.6) is 0 Å². The van der Waals surface area contributed by atoms with E-state index in [1.807, 2.05) is 176 Å². The highest BCUT2D eigenvalue weighted by molar-refractivity contribution is 9.10. The fourth-order valence-corrected chi connectivity index (χ4v) is 25.6. The van der Waals surface area contributed by atoms with Gasteiger partial charge in [-0.1, -0.05) is 364 Å². The third-order valence-electron chi connectivity index (χ3n) is 24.8. The van der Waals surface area contributed by atoms with Crippen LogP contribution < -0.4 is 47.7 Å². The summed E-state index contributed by atoms with van der Waals surface area (Å²) in [5, 5.41) is 34.1. The standard InChI is InChI=1S/C39H25N2OP.C20H14ClP.2C20H14OP.C19H11BrN2/c42-43(30-19-17-26-9-1-3-11-28(26)23-30,31-20-18-27-10-2-4-12-29(27)24-31)32-21-22-36-38(25-32)41-37-16-8-7-14-34(37)33-13-5-6-15-35(33)39(41)40-36;3*21-22(19-11-9-15-5-1-3-7-17(15)13-19)20-12-10-16-6-2-4-8-18(16)14-20;20-12-9-10-16-18(11-12)22-17-8-4-3-6-14(17)13-5-1-2-7-15(13)19(22)21-16/h1-25H;3*1-14H;1-11H/q;;2*+1;. The van der Waals surface area contributed by atoms with Crippen LogP contribution in [0.15, 0.2) is 478 Å². The van der Waals surface area contributed by atoms with Gasteiger partial charge in [0.05, 0.1) is 40.4 Å². The monoisotopic (exact) mass is 1840 g/mol. The Kier molecular flexibility index (Phi) is 22.3. The summed E-state index contributed by atoms with van der Waals surface area (Å²) in [6, 6.07) is 162. The summed E-state index contributed by atoms with van der Waals surface area (Å²) in [6.45, 7) is 0. The van der Waals surface area contributed by atoms with Crippen LogP contribution in [-0.2, 0) is 13.7 Å². The molecule has 0 aliphatic rings. The number of benzene rings is 22. The van der Waals surface area contributed by atoms with Crippen LogP contribution in [0.3, 0.4) is 0 Å². The second-order valence-electron chi connectivity index (χ2n) is 32.7. The van der Waals surface area contributed by atoms with E-state index in [4.69, 9.17) is 21.2 Å². The van der Waals surface area contributed by atoms with Gasteiger partial charge in [-0.05, 0) is 253 Å². The van der Waals surface area contributed by atoms with Crippen molar-refractivity contribution in [2.24, 2.45) is 0 Å². The van der Waals surface area contributed by atoms with Crippen molar-refractivity contribution in [3.05, 3.63) is 478 Å². The zero-order valence-corrected chi connectivity index (χ0v) is 76.5. The van der Waals surface area contributed by atoms with Crippen molar-refractivity contribution in [3.63, 3.8) is 0 Å². The maximum atomic E-state index is 15.9. The van der Waals surface area contributed by atoms with Crippen molar-refractivity contribution in [1.29, 1.82) is 0 Å². The molecular weight excluding hydrogens is 1760 g/mol. The molecule has 0 N–H and O–H groups in total. The molecule has 0 unspecified atom stereocenters. The van der Waals surface area contributed by atoms with E-state index in [0.29, 0.717) is 0 Å². The molecule has 0 fully saturated rings. The van der Waals surface area contributed by atoms with Crippen LogP contribution >= 0.6 is 57.2 Å². The van der Waals surface area contributed by atoms with Gasteiger partial charge in [-0.3, -0.25) is 8.80 Å². The number of para-hydroxylation sites is 2. The minimum atomic E-state index is -3.29. The smallest absolute Gasteiger partial charge is 0.309 e. The predicted molar refractivity (Wildman–Crippen MR) is 567 cm³/mol. The first-order chi connectivity index (χ1) is 64.4. The lowest BCUT2D eigenvalue weighted by Crippen LogP contribution is -2.25. The van der Waals surface area contributed by atoms with Gasteiger partial charge in [0.25, 0.3) is 0 Å². The number of rotatable bonds is 9. The number of hydrogen-bond acceptors (Lipinski definition) is 5. The van der Waals surface area contributed by atoms with E-state index in [0.717, 1.165) is 129 Å². The van der Waals surface area contributed by atoms with Crippen molar-refractivity contribution in [3.8, 4) is 0 Å². The number of hydrogen-bond donors (Lipinski definition) is 0. The zero-order chi connectivity index (χ0) is 88.0. The Morgan fingerprint density at radius 3 is 0.840 bits per heavy atom. The molecule has 4 heterocycles. The molecule has 0 aliphatic heterocycles. The average Bonchev–Trinajstić information content (AvgIpc) is 1.59.